The molecule has 0 spiro atoms. The Bertz CT molecular complexity index is 714. The van der Waals surface area contributed by atoms with Crippen LogP contribution in [0.4, 0.5) is 0 Å². The lowest BCUT2D eigenvalue weighted by Gasteiger charge is -2.15. The number of hydroxylamine groups is 2. The van der Waals surface area contributed by atoms with Gasteiger partial charge in [-0.1, -0.05) is 0 Å². The van der Waals surface area contributed by atoms with Gasteiger partial charge in [0.05, 0.1) is 5.75 Å². The van der Waals surface area contributed by atoms with Gasteiger partial charge in [-0.25, -0.2) is 9.63 Å². The number of cyclic esters (lactones) is 1. The zero-order chi connectivity index (χ0) is 18.5. The van der Waals surface area contributed by atoms with Crippen LogP contribution in [0.3, 0.4) is 0 Å². The SMILES string of the molecule is O=C(CSc1ccncc1)N[C@H]1CON(OC(=O)C2CCC(=O)O2)C1=O. The molecule has 0 radical (unpaired) electrons. The summed E-state index contributed by atoms with van der Waals surface area (Å²) in [6, 6.07) is 2.57. The van der Waals surface area contributed by atoms with Gasteiger partial charge < -0.3 is 14.9 Å². The first kappa shape index (κ1) is 18.1. The van der Waals surface area contributed by atoms with Crippen molar-refractivity contribution in [2.45, 2.75) is 29.9 Å². The molecule has 2 aliphatic heterocycles. The number of carbonyl (C=O) groups is 4. The van der Waals surface area contributed by atoms with Crippen LogP contribution in [-0.4, -0.2) is 58.5 Å². The van der Waals surface area contributed by atoms with Gasteiger partial charge in [-0.2, -0.15) is 0 Å². The molecule has 11 heteroatoms. The second-order valence-corrected chi connectivity index (χ2v) is 6.46. The normalized spacial score (nSPS) is 22.2. The van der Waals surface area contributed by atoms with Gasteiger partial charge in [0.2, 0.25) is 12.0 Å². The Balaban J connectivity index is 1.44. The predicted octanol–water partition coefficient (Wildman–Crippen LogP) is -0.404. The maximum Gasteiger partial charge on any atom is 0.375 e. The second kappa shape index (κ2) is 8.15. The number of nitrogens with zero attached hydrogens (tertiary/aromatic N) is 2. The molecule has 2 amide bonds. The van der Waals surface area contributed by atoms with E-state index in [1.165, 1.54) is 11.8 Å². The van der Waals surface area contributed by atoms with Crippen LogP contribution in [0, 0.1) is 0 Å². The number of pyridine rings is 1. The van der Waals surface area contributed by atoms with Crippen LogP contribution < -0.4 is 5.32 Å². The molecule has 3 rings (SSSR count). The standard InChI is InChI=1S/C15H15N3O7S/c19-12(8-26-9-3-5-16-6-4-9)17-10-7-23-18(14(10)21)25-15(22)11-1-2-13(20)24-11/h3-6,10-11H,1-2,7-8H2,(H,17,19)/t10-,11?/m0/s1. The third-order valence-electron chi connectivity index (χ3n) is 3.51. The molecule has 1 N–H and O–H groups in total. The van der Waals surface area contributed by atoms with Crippen molar-refractivity contribution >= 4 is 35.5 Å². The summed E-state index contributed by atoms with van der Waals surface area (Å²) in [7, 11) is 0. The summed E-state index contributed by atoms with van der Waals surface area (Å²) in [5, 5.41) is 2.92. The molecule has 2 aliphatic rings. The van der Waals surface area contributed by atoms with Crippen molar-refractivity contribution in [3.63, 3.8) is 0 Å². The molecule has 1 unspecified atom stereocenters. The number of rotatable bonds is 6. The molecule has 0 aromatic carbocycles. The van der Waals surface area contributed by atoms with Crippen LogP contribution in [-0.2, 0) is 33.6 Å². The van der Waals surface area contributed by atoms with Gasteiger partial charge in [-0.3, -0.25) is 19.4 Å². The molecule has 3 heterocycles. The summed E-state index contributed by atoms with van der Waals surface area (Å²) < 4.78 is 4.75. The maximum absolute atomic E-state index is 12.1. The molecular weight excluding hydrogens is 366 g/mol. The summed E-state index contributed by atoms with van der Waals surface area (Å²) in [6.07, 6.45) is 2.48. The fraction of sp³-hybridized carbons (Fsp3) is 0.400. The molecule has 0 saturated carbocycles. The molecular formula is C15H15N3O7S. The van der Waals surface area contributed by atoms with E-state index in [9.17, 15) is 19.2 Å². The minimum atomic E-state index is -1.05. The van der Waals surface area contributed by atoms with E-state index >= 15 is 0 Å². The molecule has 10 nitrogen and oxygen atoms in total. The average molecular weight is 381 g/mol. The van der Waals surface area contributed by atoms with E-state index in [0.717, 1.165) is 4.90 Å². The second-order valence-electron chi connectivity index (χ2n) is 5.41. The zero-order valence-corrected chi connectivity index (χ0v) is 14.3. The third-order valence-corrected chi connectivity index (χ3v) is 4.52. The number of carbonyl (C=O) groups excluding carboxylic acids is 4. The highest BCUT2D eigenvalue weighted by molar-refractivity contribution is 8.00. The average Bonchev–Trinajstić information content (AvgIpc) is 3.22. The highest BCUT2D eigenvalue weighted by Crippen LogP contribution is 2.18. The number of hydrogen-bond donors (Lipinski definition) is 1. The zero-order valence-electron chi connectivity index (χ0n) is 13.5. The Morgan fingerprint density at radius 1 is 1.35 bits per heavy atom. The molecule has 2 fully saturated rings. The fourth-order valence-electron chi connectivity index (χ4n) is 2.23. The van der Waals surface area contributed by atoms with Crippen LogP contribution >= 0.6 is 11.8 Å². The van der Waals surface area contributed by atoms with Gasteiger partial charge in [0.15, 0.2) is 0 Å². The first-order valence-electron chi connectivity index (χ1n) is 7.73. The Kier molecular flexibility index (Phi) is 5.68. The van der Waals surface area contributed by atoms with E-state index < -0.39 is 30.0 Å². The molecule has 1 aromatic heterocycles. The molecule has 0 aliphatic carbocycles. The lowest BCUT2D eigenvalue weighted by atomic mass is 10.2. The van der Waals surface area contributed by atoms with Crippen LogP contribution in [0.2, 0.25) is 0 Å². The summed E-state index contributed by atoms with van der Waals surface area (Å²) in [5.74, 6) is -2.38. The number of hydrogen-bond acceptors (Lipinski definition) is 9. The van der Waals surface area contributed by atoms with Crippen LogP contribution in [0.15, 0.2) is 29.4 Å². The summed E-state index contributed by atoms with van der Waals surface area (Å²) in [6.45, 7) is -0.164. The molecule has 1 aromatic rings. The van der Waals surface area contributed by atoms with Gasteiger partial charge in [0.1, 0.15) is 12.6 Å². The monoisotopic (exact) mass is 381 g/mol. The van der Waals surface area contributed by atoms with E-state index in [4.69, 9.17) is 14.4 Å². The quantitative estimate of drug-likeness (QED) is 0.517. The van der Waals surface area contributed by atoms with E-state index in [2.05, 4.69) is 10.3 Å². The topological polar surface area (TPSA) is 124 Å². The number of aromatic nitrogens is 1. The largest absolute Gasteiger partial charge is 0.450 e. The van der Waals surface area contributed by atoms with Gasteiger partial charge in [-0.05, 0) is 17.4 Å². The highest BCUT2D eigenvalue weighted by Gasteiger charge is 2.40. The van der Waals surface area contributed by atoms with Crippen LogP contribution in [0.1, 0.15) is 12.8 Å². The minimum absolute atomic E-state index is 0.103. The van der Waals surface area contributed by atoms with Crippen LogP contribution in [0.5, 0.6) is 0 Å². The first-order valence-corrected chi connectivity index (χ1v) is 8.72. The van der Waals surface area contributed by atoms with Crippen molar-refractivity contribution in [3.8, 4) is 0 Å². The predicted molar refractivity (Wildman–Crippen MR) is 84.9 cm³/mol. The Labute approximate surface area is 152 Å². The van der Waals surface area contributed by atoms with Crippen LogP contribution in [0.25, 0.3) is 0 Å². The van der Waals surface area contributed by atoms with E-state index in [-0.39, 0.29) is 31.1 Å². The molecule has 2 atom stereocenters. The van der Waals surface area contributed by atoms with Crippen molar-refractivity contribution in [2.75, 3.05) is 12.4 Å². The van der Waals surface area contributed by atoms with E-state index in [0.29, 0.717) is 5.23 Å². The van der Waals surface area contributed by atoms with Crippen molar-refractivity contribution < 1.29 is 33.6 Å². The van der Waals surface area contributed by atoms with Gasteiger partial charge in [0.25, 0.3) is 0 Å². The minimum Gasteiger partial charge on any atom is -0.450 e. The number of amides is 2. The lowest BCUT2D eigenvalue weighted by molar-refractivity contribution is -0.306. The maximum atomic E-state index is 12.1. The third kappa shape index (κ3) is 4.49. The molecule has 26 heavy (non-hydrogen) atoms. The van der Waals surface area contributed by atoms with Gasteiger partial charge in [0, 0.05) is 30.1 Å². The number of esters is 1. The number of nitrogens with one attached hydrogen (secondary N) is 1. The first-order chi connectivity index (χ1) is 12.5. The Hall–Kier alpha value is -2.66. The van der Waals surface area contributed by atoms with Crippen molar-refractivity contribution in [1.82, 2.24) is 15.5 Å². The van der Waals surface area contributed by atoms with Crippen molar-refractivity contribution in [2.24, 2.45) is 0 Å². The summed E-state index contributed by atoms with van der Waals surface area (Å²) in [4.78, 5) is 61.4. The van der Waals surface area contributed by atoms with E-state index in [1.807, 2.05) is 0 Å². The van der Waals surface area contributed by atoms with Crippen molar-refractivity contribution in [3.05, 3.63) is 24.5 Å². The molecule has 138 valence electrons. The fourth-order valence-corrected chi connectivity index (χ4v) is 2.93. The highest BCUT2D eigenvalue weighted by atomic mass is 32.2. The van der Waals surface area contributed by atoms with E-state index in [1.54, 1.807) is 24.5 Å². The molecule has 2 saturated heterocycles. The van der Waals surface area contributed by atoms with Gasteiger partial charge in [-0.15, -0.1) is 11.8 Å². The summed E-state index contributed by atoms with van der Waals surface area (Å²) >= 11 is 1.29. The molecule has 0 bridgehead atoms. The number of thioether (sulfide) groups is 1. The van der Waals surface area contributed by atoms with Crippen molar-refractivity contribution in [1.29, 1.82) is 0 Å². The Morgan fingerprint density at radius 2 is 2.12 bits per heavy atom. The van der Waals surface area contributed by atoms with Gasteiger partial charge >= 0.3 is 17.8 Å². The smallest absolute Gasteiger partial charge is 0.375 e. The lowest BCUT2D eigenvalue weighted by Crippen LogP contribution is -2.44. The summed E-state index contributed by atoms with van der Waals surface area (Å²) in [5.41, 5.74) is 0. The Morgan fingerprint density at radius 3 is 2.81 bits per heavy atom. The number of ether oxygens (including phenoxy) is 1.